The Morgan fingerprint density at radius 1 is 0.625 bits per heavy atom. The maximum Gasteiger partial charge on any atom is 0.113 e. The molecule has 0 spiro atoms. The summed E-state index contributed by atoms with van der Waals surface area (Å²) in [7, 11) is 10.2. The van der Waals surface area contributed by atoms with Gasteiger partial charge in [0.2, 0.25) is 0 Å². The van der Waals surface area contributed by atoms with Crippen molar-refractivity contribution in [2.45, 2.75) is 66.6 Å². The van der Waals surface area contributed by atoms with Gasteiger partial charge in [-0.25, -0.2) is 0 Å². The Labute approximate surface area is 153 Å². The van der Waals surface area contributed by atoms with E-state index < -0.39 is 0 Å². The molecular formula is C22H34B2. The molecule has 0 bridgehead atoms. The van der Waals surface area contributed by atoms with Gasteiger partial charge in [0.1, 0.15) is 7.85 Å². The molecule has 0 nitrogen and oxygen atoms in total. The second kappa shape index (κ2) is 11.2. The summed E-state index contributed by atoms with van der Waals surface area (Å²) in [6, 6.07) is 18.6. The van der Waals surface area contributed by atoms with Gasteiger partial charge in [0, 0.05) is 0 Å². The molecule has 0 unspecified atom stereocenters. The number of hydrogen-bond donors (Lipinski definition) is 0. The van der Waals surface area contributed by atoms with E-state index in [0.29, 0.717) is 5.41 Å². The summed E-state index contributed by atoms with van der Waals surface area (Å²) in [4.78, 5) is 0. The molecule has 0 saturated heterocycles. The van der Waals surface area contributed by atoms with E-state index in [2.05, 4.69) is 85.8 Å². The monoisotopic (exact) mass is 320 g/mol. The zero-order valence-electron chi connectivity index (χ0n) is 15.9. The van der Waals surface area contributed by atoms with Crippen LogP contribution in [0.2, 0.25) is 6.82 Å². The second-order valence-electron chi connectivity index (χ2n) is 7.49. The van der Waals surface area contributed by atoms with Gasteiger partial charge in [-0.15, -0.1) is 0 Å². The Kier molecular flexibility index (Phi) is 11.6. The molecule has 0 fully saturated rings. The SMILES string of the molecule is C.CC(C)(C)c1ccccc1.[B]C.[B]c1cccc(C(C)(C)C)c1. The maximum absolute atomic E-state index is 5.66. The molecule has 128 valence electrons. The largest absolute Gasteiger partial charge is 0.113 e. The second-order valence-corrected chi connectivity index (χ2v) is 7.49. The van der Waals surface area contributed by atoms with Crippen LogP contribution in [0.15, 0.2) is 54.6 Å². The van der Waals surface area contributed by atoms with Gasteiger partial charge in [0.25, 0.3) is 0 Å². The minimum absolute atomic E-state index is 0. The Bertz CT molecular complexity index is 546. The van der Waals surface area contributed by atoms with Crippen molar-refractivity contribution in [1.29, 1.82) is 0 Å². The predicted octanol–water partition coefficient (Wildman–Crippen LogP) is 5.60. The van der Waals surface area contributed by atoms with Crippen LogP contribution in [0.4, 0.5) is 0 Å². The first kappa shape index (κ1) is 24.8. The first-order valence-electron chi connectivity index (χ1n) is 8.10. The van der Waals surface area contributed by atoms with Gasteiger partial charge in [-0.1, -0.05) is 116 Å². The fourth-order valence-electron chi connectivity index (χ4n) is 1.94. The zero-order valence-corrected chi connectivity index (χ0v) is 15.9. The fraction of sp³-hybridized carbons (Fsp3) is 0.455. The number of hydrogen-bond acceptors (Lipinski definition) is 0. The van der Waals surface area contributed by atoms with E-state index in [0.717, 1.165) is 5.46 Å². The highest BCUT2D eigenvalue weighted by molar-refractivity contribution is 6.32. The van der Waals surface area contributed by atoms with E-state index in [9.17, 15) is 0 Å². The lowest BCUT2D eigenvalue weighted by molar-refractivity contribution is 0.590. The van der Waals surface area contributed by atoms with E-state index in [4.69, 9.17) is 7.85 Å². The van der Waals surface area contributed by atoms with Crippen molar-refractivity contribution in [2.24, 2.45) is 0 Å². The van der Waals surface area contributed by atoms with Crippen molar-refractivity contribution in [3.63, 3.8) is 0 Å². The lowest BCUT2D eigenvalue weighted by atomic mass is 9.83. The van der Waals surface area contributed by atoms with Crippen molar-refractivity contribution in [3.8, 4) is 0 Å². The number of benzene rings is 2. The van der Waals surface area contributed by atoms with Crippen LogP contribution < -0.4 is 5.46 Å². The van der Waals surface area contributed by atoms with Crippen LogP contribution in [0.1, 0.15) is 60.1 Å². The Morgan fingerprint density at radius 3 is 1.33 bits per heavy atom. The van der Waals surface area contributed by atoms with Gasteiger partial charge in [-0.2, -0.15) is 0 Å². The third-order valence-electron chi connectivity index (χ3n) is 3.39. The summed E-state index contributed by atoms with van der Waals surface area (Å²) in [6.07, 6.45) is 0. The Balaban J connectivity index is 0. The molecule has 2 aromatic carbocycles. The van der Waals surface area contributed by atoms with Crippen molar-refractivity contribution < 1.29 is 0 Å². The van der Waals surface area contributed by atoms with Gasteiger partial charge < -0.3 is 0 Å². The van der Waals surface area contributed by atoms with E-state index in [1.54, 1.807) is 0 Å². The highest BCUT2D eigenvalue weighted by atomic mass is 14.2. The lowest BCUT2D eigenvalue weighted by Gasteiger charge is -2.19. The van der Waals surface area contributed by atoms with E-state index in [1.807, 2.05) is 18.2 Å². The van der Waals surface area contributed by atoms with Crippen molar-refractivity contribution in [1.82, 2.24) is 0 Å². The zero-order chi connectivity index (χ0) is 18.1. The lowest BCUT2D eigenvalue weighted by Crippen LogP contribution is -2.14. The molecule has 0 amide bonds. The van der Waals surface area contributed by atoms with E-state index in [1.165, 1.54) is 17.9 Å². The van der Waals surface area contributed by atoms with Crippen molar-refractivity contribution >= 4 is 21.2 Å². The molecule has 0 aliphatic heterocycles. The summed E-state index contributed by atoms with van der Waals surface area (Å²) < 4.78 is 0. The first-order valence-corrected chi connectivity index (χ1v) is 8.10. The molecule has 2 rings (SSSR count). The van der Waals surface area contributed by atoms with Gasteiger partial charge in [-0.3, -0.25) is 0 Å². The standard InChI is InChI=1S/C10H13B.C10H14.CH3B.CH4/c1-10(2,3)8-5-4-6-9(11)7-8;1-10(2,3)9-7-5-4-6-8-9;1-2;/h4-7H,1-3H3;4-8H,1-3H3;1H3;1H4. The van der Waals surface area contributed by atoms with Gasteiger partial charge in [-0.05, 0) is 22.0 Å². The Morgan fingerprint density at radius 2 is 1.04 bits per heavy atom. The van der Waals surface area contributed by atoms with Crippen LogP contribution >= 0.6 is 0 Å². The molecular weight excluding hydrogens is 286 g/mol. The van der Waals surface area contributed by atoms with Gasteiger partial charge in [0.15, 0.2) is 0 Å². The fourth-order valence-corrected chi connectivity index (χ4v) is 1.94. The number of rotatable bonds is 0. The average molecular weight is 320 g/mol. The minimum Gasteiger partial charge on any atom is -0.0999 e. The molecule has 24 heavy (non-hydrogen) atoms. The van der Waals surface area contributed by atoms with Crippen LogP contribution in [0, 0.1) is 0 Å². The molecule has 0 N–H and O–H groups in total. The molecule has 0 saturated carbocycles. The van der Waals surface area contributed by atoms with Crippen molar-refractivity contribution in [3.05, 3.63) is 65.7 Å². The topological polar surface area (TPSA) is 0 Å². The molecule has 2 heteroatoms. The first-order chi connectivity index (χ1) is 10.6. The highest BCUT2D eigenvalue weighted by Gasteiger charge is 2.12. The van der Waals surface area contributed by atoms with Crippen LogP contribution in [0.25, 0.3) is 0 Å². The molecule has 4 radical (unpaired) electrons. The molecule has 0 aliphatic carbocycles. The van der Waals surface area contributed by atoms with Gasteiger partial charge in [0.05, 0.1) is 7.85 Å². The summed E-state index contributed by atoms with van der Waals surface area (Å²) >= 11 is 0. The molecule has 0 atom stereocenters. The smallest absolute Gasteiger partial charge is 0.0999 e. The minimum atomic E-state index is 0. The quantitative estimate of drug-likeness (QED) is 0.554. The third-order valence-corrected chi connectivity index (χ3v) is 3.39. The summed E-state index contributed by atoms with van der Waals surface area (Å²) in [6.45, 7) is 14.7. The normalized spacial score (nSPS) is 10.3. The van der Waals surface area contributed by atoms with Crippen LogP contribution in [0.5, 0.6) is 0 Å². The molecule has 0 heterocycles. The molecule has 0 aromatic heterocycles. The summed E-state index contributed by atoms with van der Waals surface area (Å²) in [5.41, 5.74) is 4.03. The van der Waals surface area contributed by atoms with Crippen LogP contribution in [-0.4, -0.2) is 15.7 Å². The molecule has 0 aliphatic rings. The van der Waals surface area contributed by atoms with Crippen molar-refractivity contribution in [2.75, 3.05) is 0 Å². The van der Waals surface area contributed by atoms with E-state index in [-0.39, 0.29) is 12.8 Å². The highest BCUT2D eigenvalue weighted by Crippen LogP contribution is 2.21. The summed E-state index contributed by atoms with van der Waals surface area (Å²) in [5, 5.41) is 0. The maximum atomic E-state index is 5.66. The average Bonchev–Trinajstić information content (AvgIpc) is 2.49. The third kappa shape index (κ3) is 9.65. The predicted molar refractivity (Wildman–Crippen MR) is 114 cm³/mol. The van der Waals surface area contributed by atoms with Gasteiger partial charge >= 0.3 is 0 Å². The van der Waals surface area contributed by atoms with Crippen LogP contribution in [-0.2, 0) is 10.8 Å². The van der Waals surface area contributed by atoms with Crippen LogP contribution in [0.3, 0.4) is 0 Å². The Hall–Kier alpha value is -1.43. The molecule has 2 aromatic rings. The summed E-state index contributed by atoms with van der Waals surface area (Å²) in [5.74, 6) is 0. The van der Waals surface area contributed by atoms with E-state index >= 15 is 0 Å².